The van der Waals surface area contributed by atoms with Gasteiger partial charge in [-0.1, -0.05) is 6.07 Å². The maximum atomic E-state index is 13.3. The number of hydrogen-bond donors (Lipinski definition) is 1. The van der Waals surface area contributed by atoms with Crippen molar-refractivity contribution in [1.82, 2.24) is 9.80 Å². The molecule has 7 heteroatoms. The normalized spacial score (nSPS) is 18.5. The molecule has 1 unspecified atom stereocenters. The molecule has 1 fully saturated rings. The third-order valence-electron chi connectivity index (χ3n) is 6.06. The second kappa shape index (κ2) is 9.48. The van der Waals surface area contributed by atoms with Crippen molar-refractivity contribution >= 4 is 11.6 Å². The predicted octanol–water partition coefficient (Wildman–Crippen LogP) is 2.33. The minimum Gasteiger partial charge on any atom is -0.491 e. The Morgan fingerprint density at radius 2 is 1.78 bits per heavy atom. The summed E-state index contributed by atoms with van der Waals surface area (Å²) in [6, 6.07) is 13.6. The van der Waals surface area contributed by atoms with E-state index in [0.717, 1.165) is 48.9 Å². The molecule has 7 nitrogen and oxygen atoms in total. The van der Waals surface area contributed by atoms with Crippen LogP contribution in [0.15, 0.2) is 42.5 Å². The highest BCUT2D eigenvalue weighted by molar-refractivity contribution is 5.94. The van der Waals surface area contributed by atoms with Crippen LogP contribution >= 0.6 is 0 Å². The zero-order valence-electron chi connectivity index (χ0n) is 19.2. The number of likely N-dealkylation sites (N-methyl/N-ethyl adjacent to an activating group) is 1. The molecule has 2 heterocycles. The molecule has 32 heavy (non-hydrogen) atoms. The van der Waals surface area contributed by atoms with E-state index in [1.807, 2.05) is 73.3 Å². The van der Waals surface area contributed by atoms with Gasteiger partial charge in [0.25, 0.3) is 5.91 Å². The Balaban J connectivity index is 1.51. The Hall–Kier alpha value is -2.61. The highest BCUT2D eigenvalue weighted by atomic mass is 16.5. The van der Waals surface area contributed by atoms with Gasteiger partial charge in [0.05, 0.1) is 25.4 Å². The molecule has 1 N–H and O–H groups in total. The first-order chi connectivity index (χ1) is 15.3. The van der Waals surface area contributed by atoms with Crippen LogP contribution in [0.2, 0.25) is 0 Å². The van der Waals surface area contributed by atoms with Gasteiger partial charge in [0.2, 0.25) is 0 Å². The van der Waals surface area contributed by atoms with Crippen LogP contribution in [0.5, 0.6) is 5.75 Å². The molecule has 0 aromatic heterocycles. The van der Waals surface area contributed by atoms with Crippen LogP contribution in [-0.4, -0.2) is 80.9 Å². The summed E-state index contributed by atoms with van der Waals surface area (Å²) in [5, 5.41) is 10.9. The molecule has 4 rings (SSSR count). The number of carbonyl (C=O) groups is 1. The topological polar surface area (TPSA) is 65.5 Å². The average molecular weight is 440 g/mol. The first-order valence-corrected chi connectivity index (χ1v) is 11.2. The Morgan fingerprint density at radius 3 is 2.47 bits per heavy atom. The smallest absolute Gasteiger partial charge is 0.254 e. The third-order valence-corrected chi connectivity index (χ3v) is 6.06. The van der Waals surface area contributed by atoms with E-state index in [0.29, 0.717) is 31.8 Å². The summed E-state index contributed by atoms with van der Waals surface area (Å²) < 4.78 is 11.3. The Labute approximate surface area is 190 Å². The fourth-order valence-corrected chi connectivity index (χ4v) is 4.43. The summed E-state index contributed by atoms with van der Waals surface area (Å²) in [5.41, 5.74) is 2.52. The zero-order valence-corrected chi connectivity index (χ0v) is 19.2. The Kier molecular flexibility index (Phi) is 6.69. The molecule has 2 aromatic rings. The summed E-state index contributed by atoms with van der Waals surface area (Å²) >= 11 is 0. The predicted molar refractivity (Wildman–Crippen MR) is 124 cm³/mol. The molecule has 2 aliphatic rings. The summed E-state index contributed by atoms with van der Waals surface area (Å²) in [4.78, 5) is 19.3. The molecule has 172 valence electrons. The molecule has 1 atom stereocenters. The maximum Gasteiger partial charge on any atom is 0.254 e. The van der Waals surface area contributed by atoms with E-state index in [9.17, 15) is 9.90 Å². The number of fused-ring (bicyclic) bond motifs is 1. The van der Waals surface area contributed by atoms with Gasteiger partial charge in [-0.2, -0.15) is 0 Å². The van der Waals surface area contributed by atoms with Gasteiger partial charge in [-0.05, 0) is 63.0 Å². The fourth-order valence-electron chi connectivity index (χ4n) is 4.43. The molecule has 1 amide bonds. The lowest BCUT2D eigenvalue weighted by Gasteiger charge is -2.29. The minimum absolute atomic E-state index is 0.0135. The van der Waals surface area contributed by atoms with Gasteiger partial charge in [-0.25, -0.2) is 0 Å². The maximum absolute atomic E-state index is 13.3. The summed E-state index contributed by atoms with van der Waals surface area (Å²) in [6.45, 7) is 6.93. The van der Waals surface area contributed by atoms with Crippen molar-refractivity contribution in [3.63, 3.8) is 0 Å². The van der Waals surface area contributed by atoms with Gasteiger partial charge in [0, 0.05) is 43.0 Å². The van der Waals surface area contributed by atoms with E-state index >= 15 is 0 Å². The number of ether oxygens (including phenoxy) is 2. The second-order valence-corrected chi connectivity index (χ2v) is 9.06. The molecule has 0 spiro atoms. The van der Waals surface area contributed by atoms with Crippen molar-refractivity contribution in [3.05, 3.63) is 59.2 Å². The van der Waals surface area contributed by atoms with Gasteiger partial charge >= 0.3 is 0 Å². The van der Waals surface area contributed by atoms with E-state index < -0.39 is 5.60 Å². The molecule has 2 aliphatic heterocycles. The number of benzene rings is 2. The molecule has 0 bridgehead atoms. The lowest BCUT2D eigenvalue weighted by molar-refractivity contribution is 0.0299. The second-order valence-electron chi connectivity index (χ2n) is 9.06. The molecule has 2 aromatic carbocycles. The molecule has 0 saturated carbocycles. The number of morpholine rings is 1. The molecule has 0 aliphatic carbocycles. The highest BCUT2D eigenvalue weighted by Crippen LogP contribution is 2.30. The lowest BCUT2D eigenvalue weighted by Crippen LogP contribution is -2.36. The van der Waals surface area contributed by atoms with Crippen molar-refractivity contribution in [2.24, 2.45) is 0 Å². The van der Waals surface area contributed by atoms with Crippen molar-refractivity contribution in [3.8, 4) is 5.75 Å². The summed E-state index contributed by atoms with van der Waals surface area (Å²) in [7, 11) is 3.87. The van der Waals surface area contributed by atoms with Crippen LogP contribution in [0, 0.1) is 0 Å². The Morgan fingerprint density at radius 1 is 1.06 bits per heavy atom. The van der Waals surface area contributed by atoms with E-state index in [-0.39, 0.29) is 5.91 Å². The van der Waals surface area contributed by atoms with Crippen LogP contribution in [-0.2, 0) is 16.9 Å². The van der Waals surface area contributed by atoms with E-state index in [2.05, 4.69) is 4.90 Å². The number of aliphatic hydroxyl groups is 1. The van der Waals surface area contributed by atoms with Crippen molar-refractivity contribution in [2.75, 3.05) is 65.0 Å². The first-order valence-electron chi connectivity index (χ1n) is 11.2. The number of amides is 1. The lowest BCUT2D eigenvalue weighted by atomic mass is 9.93. The van der Waals surface area contributed by atoms with Crippen molar-refractivity contribution < 1.29 is 19.4 Å². The molecule has 1 saturated heterocycles. The fraction of sp³-hybridized carbons (Fsp3) is 0.480. The van der Waals surface area contributed by atoms with Gasteiger partial charge in [-0.3, -0.25) is 4.79 Å². The quantitative estimate of drug-likeness (QED) is 0.772. The van der Waals surface area contributed by atoms with E-state index in [4.69, 9.17) is 9.47 Å². The molecule has 0 radical (unpaired) electrons. The van der Waals surface area contributed by atoms with Crippen molar-refractivity contribution in [1.29, 1.82) is 0 Å². The van der Waals surface area contributed by atoms with Crippen LogP contribution in [0.1, 0.15) is 28.4 Å². The number of nitrogens with zero attached hydrogens (tertiary/aromatic N) is 3. The third kappa shape index (κ3) is 5.06. The largest absolute Gasteiger partial charge is 0.491 e. The average Bonchev–Trinajstić information content (AvgIpc) is 3.00. The summed E-state index contributed by atoms with van der Waals surface area (Å²) in [5.74, 6) is 0.757. The van der Waals surface area contributed by atoms with Crippen molar-refractivity contribution in [2.45, 2.75) is 19.1 Å². The van der Waals surface area contributed by atoms with Crippen LogP contribution in [0.3, 0.4) is 0 Å². The number of carbonyl (C=O) groups excluding carboxylic acids is 1. The first kappa shape index (κ1) is 22.6. The van der Waals surface area contributed by atoms with Gasteiger partial charge in [0.15, 0.2) is 0 Å². The van der Waals surface area contributed by atoms with Crippen LogP contribution in [0.4, 0.5) is 5.69 Å². The minimum atomic E-state index is -0.991. The number of hydrogen-bond acceptors (Lipinski definition) is 6. The summed E-state index contributed by atoms with van der Waals surface area (Å²) in [6.07, 6.45) is 0. The molecular weight excluding hydrogens is 406 g/mol. The SMILES string of the molecule is CN(C)CC(C)(O)c1ccc2c(c1)CN(C(=O)c1ccc(N3CCOCC3)cc1)CCO2. The highest BCUT2D eigenvalue weighted by Gasteiger charge is 2.27. The van der Waals surface area contributed by atoms with Crippen LogP contribution < -0.4 is 9.64 Å². The van der Waals surface area contributed by atoms with E-state index in [1.54, 1.807) is 0 Å². The van der Waals surface area contributed by atoms with Gasteiger partial charge in [-0.15, -0.1) is 0 Å². The van der Waals surface area contributed by atoms with E-state index in [1.165, 1.54) is 0 Å². The standard InChI is InChI=1S/C25H33N3O4/c1-25(30,18-26(2)3)21-6-9-23-20(16-21)17-28(12-15-32-23)24(29)19-4-7-22(8-5-19)27-10-13-31-14-11-27/h4-9,16,30H,10-15,17-18H2,1-3H3. The van der Waals surface area contributed by atoms with Gasteiger partial charge < -0.3 is 29.3 Å². The zero-order chi connectivity index (χ0) is 22.7. The Bertz CT molecular complexity index is 937. The molecular formula is C25H33N3O4. The monoisotopic (exact) mass is 439 g/mol. The van der Waals surface area contributed by atoms with Gasteiger partial charge in [0.1, 0.15) is 12.4 Å². The van der Waals surface area contributed by atoms with Crippen LogP contribution in [0.25, 0.3) is 0 Å². The number of anilines is 1. The number of rotatable bonds is 5.